The normalized spacial score (nSPS) is 22.7. The molecule has 126 valence electrons. The summed E-state index contributed by atoms with van der Waals surface area (Å²) in [6.45, 7) is 6.78. The topological polar surface area (TPSA) is 58.6 Å². The van der Waals surface area contributed by atoms with E-state index in [9.17, 15) is 4.79 Å². The second-order valence-corrected chi connectivity index (χ2v) is 6.34. The summed E-state index contributed by atoms with van der Waals surface area (Å²) in [5.74, 6) is -0.00118. The van der Waals surface area contributed by atoms with Crippen LogP contribution in [0.3, 0.4) is 0 Å². The lowest BCUT2D eigenvalue weighted by Gasteiger charge is -2.38. The Kier molecular flexibility index (Phi) is 5.56. The molecule has 6 nitrogen and oxygen atoms in total. The molecule has 2 aliphatic heterocycles. The van der Waals surface area contributed by atoms with Crippen LogP contribution in [0.25, 0.3) is 0 Å². The van der Waals surface area contributed by atoms with Gasteiger partial charge in [0.2, 0.25) is 0 Å². The Hall–Kier alpha value is -1.53. The molecule has 2 aliphatic rings. The number of likely N-dealkylation sites (N-methyl/N-ethyl adjacent to an activating group) is 1. The van der Waals surface area contributed by atoms with Gasteiger partial charge in [0.15, 0.2) is 0 Å². The first kappa shape index (κ1) is 16.3. The van der Waals surface area contributed by atoms with Crippen LogP contribution < -0.4 is 0 Å². The van der Waals surface area contributed by atoms with E-state index in [1.165, 1.54) is 12.8 Å². The number of hydrogen-bond donors (Lipinski definition) is 0. The monoisotopic (exact) mass is 318 g/mol. The number of rotatable bonds is 5. The Morgan fingerprint density at radius 2 is 2.17 bits per heavy atom. The highest BCUT2D eigenvalue weighted by atomic mass is 16.5. The van der Waals surface area contributed by atoms with Crippen molar-refractivity contribution in [2.45, 2.75) is 44.8 Å². The summed E-state index contributed by atoms with van der Waals surface area (Å²) in [7, 11) is 0. The number of amides is 1. The van der Waals surface area contributed by atoms with Crippen LogP contribution in [0.15, 0.2) is 18.6 Å². The number of piperidine rings is 1. The fraction of sp³-hybridized carbons (Fsp3) is 0.706. The average Bonchev–Trinajstić information content (AvgIpc) is 3.13. The fourth-order valence-electron chi connectivity index (χ4n) is 3.59. The highest BCUT2D eigenvalue weighted by molar-refractivity contribution is 5.92. The summed E-state index contributed by atoms with van der Waals surface area (Å²) in [6.07, 6.45) is 9.51. The van der Waals surface area contributed by atoms with Gasteiger partial charge in [0, 0.05) is 44.7 Å². The van der Waals surface area contributed by atoms with E-state index in [1.807, 2.05) is 4.90 Å². The third-order valence-corrected chi connectivity index (χ3v) is 4.92. The summed E-state index contributed by atoms with van der Waals surface area (Å²) in [4.78, 5) is 24.9. The Balaban J connectivity index is 1.51. The number of carbonyl (C=O) groups excluding carboxylic acids is 1. The van der Waals surface area contributed by atoms with Crippen molar-refractivity contribution in [1.82, 2.24) is 19.8 Å². The zero-order valence-electron chi connectivity index (χ0n) is 13.9. The predicted molar refractivity (Wildman–Crippen MR) is 87.2 cm³/mol. The van der Waals surface area contributed by atoms with E-state index >= 15 is 0 Å². The van der Waals surface area contributed by atoms with Crippen LogP contribution in [-0.4, -0.2) is 70.6 Å². The van der Waals surface area contributed by atoms with Crippen LogP contribution in [0.4, 0.5) is 0 Å². The first-order chi connectivity index (χ1) is 11.3. The number of nitrogens with zero attached hydrogens (tertiary/aromatic N) is 4. The number of ether oxygens (including phenoxy) is 1. The Morgan fingerprint density at radius 3 is 2.78 bits per heavy atom. The third-order valence-electron chi connectivity index (χ3n) is 4.92. The average molecular weight is 318 g/mol. The molecule has 2 saturated heterocycles. The van der Waals surface area contributed by atoms with Crippen molar-refractivity contribution in [3.05, 3.63) is 24.3 Å². The second-order valence-electron chi connectivity index (χ2n) is 6.34. The van der Waals surface area contributed by atoms with Gasteiger partial charge in [-0.1, -0.05) is 6.92 Å². The van der Waals surface area contributed by atoms with Gasteiger partial charge in [-0.05, 0) is 32.2 Å². The minimum atomic E-state index is -0.00118. The van der Waals surface area contributed by atoms with E-state index in [1.54, 1.807) is 18.6 Å². The maximum Gasteiger partial charge on any atom is 0.274 e. The summed E-state index contributed by atoms with van der Waals surface area (Å²) in [5, 5.41) is 0. The molecule has 1 aromatic heterocycles. The van der Waals surface area contributed by atoms with Gasteiger partial charge in [0.1, 0.15) is 5.69 Å². The highest BCUT2D eigenvalue weighted by Crippen LogP contribution is 2.21. The molecule has 6 heteroatoms. The standard InChI is InChI=1S/C17H26N4O2/c1-2-20(13-15-4-3-11-23-15)14-5-9-21(10-6-14)17(22)16-12-18-7-8-19-16/h7-8,12,14-15H,2-6,9-11,13H2,1H3. The minimum Gasteiger partial charge on any atom is -0.377 e. The molecule has 0 spiro atoms. The van der Waals surface area contributed by atoms with E-state index < -0.39 is 0 Å². The van der Waals surface area contributed by atoms with Crippen LogP contribution in [0.5, 0.6) is 0 Å². The molecular weight excluding hydrogens is 292 g/mol. The van der Waals surface area contributed by atoms with Crippen molar-refractivity contribution in [2.24, 2.45) is 0 Å². The lowest BCUT2D eigenvalue weighted by Crippen LogP contribution is -2.48. The quantitative estimate of drug-likeness (QED) is 0.825. The van der Waals surface area contributed by atoms with Crippen LogP contribution in [0.1, 0.15) is 43.1 Å². The molecule has 1 unspecified atom stereocenters. The predicted octanol–water partition coefficient (Wildman–Crippen LogP) is 1.58. The number of carbonyl (C=O) groups is 1. The maximum absolute atomic E-state index is 12.4. The Labute approximate surface area is 137 Å². The molecule has 0 radical (unpaired) electrons. The molecule has 1 aromatic rings. The minimum absolute atomic E-state index is 0.00118. The number of hydrogen-bond acceptors (Lipinski definition) is 5. The van der Waals surface area contributed by atoms with E-state index in [4.69, 9.17) is 4.74 Å². The second kappa shape index (κ2) is 7.84. The molecule has 0 aliphatic carbocycles. The first-order valence-corrected chi connectivity index (χ1v) is 8.69. The van der Waals surface area contributed by atoms with Crippen LogP contribution in [0.2, 0.25) is 0 Å². The SMILES string of the molecule is CCN(CC1CCCO1)C1CCN(C(=O)c2cnccn2)CC1. The van der Waals surface area contributed by atoms with Gasteiger partial charge in [-0.25, -0.2) is 4.98 Å². The lowest BCUT2D eigenvalue weighted by molar-refractivity contribution is 0.0375. The van der Waals surface area contributed by atoms with E-state index in [2.05, 4.69) is 21.8 Å². The smallest absolute Gasteiger partial charge is 0.274 e. The molecular formula is C17H26N4O2. The van der Waals surface area contributed by atoms with Crippen molar-refractivity contribution in [1.29, 1.82) is 0 Å². The van der Waals surface area contributed by atoms with E-state index in [0.717, 1.165) is 45.6 Å². The Morgan fingerprint density at radius 1 is 1.35 bits per heavy atom. The third kappa shape index (κ3) is 4.06. The molecule has 3 heterocycles. The van der Waals surface area contributed by atoms with Gasteiger partial charge in [-0.2, -0.15) is 0 Å². The number of likely N-dealkylation sites (tertiary alicyclic amines) is 1. The number of aromatic nitrogens is 2. The van der Waals surface area contributed by atoms with Crippen molar-refractivity contribution in [3.8, 4) is 0 Å². The molecule has 3 rings (SSSR count). The van der Waals surface area contributed by atoms with Gasteiger partial charge in [-0.3, -0.25) is 14.7 Å². The molecule has 1 atom stereocenters. The zero-order valence-corrected chi connectivity index (χ0v) is 13.9. The molecule has 0 saturated carbocycles. The lowest BCUT2D eigenvalue weighted by atomic mass is 10.0. The molecule has 23 heavy (non-hydrogen) atoms. The maximum atomic E-state index is 12.4. The van der Waals surface area contributed by atoms with Gasteiger partial charge in [-0.15, -0.1) is 0 Å². The van der Waals surface area contributed by atoms with Crippen LogP contribution in [0, 0.1) is 0 Å². The first-order valence-electron chi connectivity index (χ1n) is 8.69. The Bertz CT molecular complexity index is 497. The van der Waals surface area contributed by atoms with Crippen LogP contribution in [-0.2, 0) is 4.74 Å². The molecule has 0 bridgehead atoms. The van der Waals surface area contributed by atoms with Gasteiger partial charge in [0.05, 0.1) is 12.3 Å². The van der Waals surface area contributed by atoms with Crippen molar-refractivity contribution in [2.75, 3.05) is 32.8 Å². The molecule has 1 amide bonds. The fourth-order valence-corrected chi connectivity index (χ4v) is 3.59. The van der Waals surface area contributed by atoms with Gasteiger partial charge >= 0.3 is 0 Å². The van der Waals surface area contributed by atoms with E-state index in [0.29, 0.717) is 17.8 Å². The van der Waals surface area contributed by atoms with Crippen molar-refractivity contribution >= 4 is 5.91 Å². The van der Waals surface area contributed by atoms with Gasteiger partial charge in [0.25, 0.3) is 5.91 Å². The summed E-state index contributed by atoms with van der Waals surface area (Å²) >= 11 is 0. The largest absolute Gasteiger partial charge is 0.377 e. The van der Waals surface area contributed by atoms with Crippen LogP contribution >= 0.6 is 0 Å². The van der Waals surface area contributed by atoms with E-state index in [-0.39, 0.29) is 5.91 Å². The molecule has 0 N–H and O–H groups in total. The summed E-state index contributed by atoms with van der Waals surface area (Å²) < 4.78 is 5.77. The molecule has 0 aromatic carbocycles. The summed E-state index contributed by atoms with van der Waals surface area (Å²) in [6, 6.07) is 0.551. The van der Waals surface area contributed by atoms with Gasteiger partial charge < -0.3 is 9.64 Å². The summed E-state index contributed by atoms with van der Waals surface area (Å²) in [5.41, 5.74) is 0.442. The van der Waals surface area contributed by atoms with Crippen molar-refractivity contribution in [3.63, 3.8) is 0 Å². The zero-order chi connectivity index (χ0) is 16.1. The highest BCUT2D eigenvalue weighted by Gasteiger charge is 2.29. The van der Waals surface area contributed by atoms with Crippen molar-refractivity contribution < 1.29 is 9.53 Å². The molecule has 2 fully saturated rings.